The van der Waals surface area contributed by atoms with E-state index in [4.69, 9.17) is 4.52 Å². The zero-order valence-corrected chi connectivity index (χ0v) is 13.7. The van der Waals surface area contributed by atoms with Crippen LogP contribution in [0.5, 0.6) is 0 Å². The quantitative estimate of drug-likeness (QED) is 0.490. The van der Waals surface area contributed by atoms with Crippen molar-refractivity contribution in [3.63, 3.8) is 0 Å². The summed E-state index contributed by atoms with van der Waals surface area (Å²) < 4.78 is 6.79. The summed E-state index contributed by atoms with van der Waals surface area (Å²) in [5, 5.41) is 25.8. The van der Waals surface area contributed by atoms with E-state index in [9.17, 15) is 20.2 Å². The molecule has 0 amide bonds. The van der Waals surface area contributed by atoms with E-state index >= 15 is 0 Å². The molecule has 0 aliphatic rings. The van der Waals surface area contributed by atoms with Gasteiger partial charge in [0, 0.05) is 23.5 Å². The van der Waals surface area contributed by atoms with Gasteiger partial charge in [0.05, 0.1) is 16.4 Å². The maximum atomic E-state index is 11.1. The lowest BCUT2D eigenvalue weighted by atomic mass is 10.2. The van der Waals surface area contributed by atoms with Crippen molar-refractivity contribution in [2.75, 3.05) is 0 Å². The van der Waals surface area contributed by atoms with Gasteiger partial charge in [0.2, 0.25) is 5.76 Å². The Hall–Kier alpha value is -3.75. The first-order valence-corrected chi connectivity index (χ1v) is 7.63. The zero-order valence-electron chi connectivity index (χ0n) is 13.7. The molecule has 3 rings (SSSR count). The first-order chi connectivity index (χ1) is 12.5. The zero-order chi connectivity index (χ0) is 18.7. The maximum absolute atomic E-state index is 11.1. The SMILES string of the molecule is Cc1noc(/C=C\c2cccn2Cc2ccccc2[N+](=O)[O-])c1[N+](=O)[O-]. The third-order valence-electron chi connectivity index (χ3n) is 3.84. The molecular formula is C17H14N4O5. The lowest BCUT2D eigenvalue weighted by Crippen LogP contribution is -2.03. The first kappa shape index (κ1) is 17.1. The lowest BCUT2D eigenvalue weighted by Gasteiger charge is -2.07. The highest BCUT2D eigenvalue weighted by atomic mass is 16.6. The molecule has 0 saturated carbocycles. The molecule has 2 heterocycles. The number of benzene rings is 1. The van der Waals surface area contributed by atoms with Crippen LogP contribution in [0.15, 0.2) is 47.1 Å². The van der Waals surface area contributed by atoms with Gasteiger partial charge in [0.25, 0.3) is 5.69 Å². The number of rotatable bonds is 6. The first-order valence-electron chi connectivity index (χ1n) is 7.63. The Morgan fingerprint density at radius 3 is 2.62 bits per heavy atom. The van der Waals surface area contributed by atoms with Gasteiger partial charge < -0.3 is 9.09 Å². The van der Waals surface area contributed by atoms with Crippen LogP contribution in [0.3, 0.4) is 0 Å². The highest BCUT2D eigenvalue weighted by Gasteiger charge is 2.22. The fourth-order valence-corrected chi connectivity index (χ4v) is 2.60. The second-order valence-corrected chi connectivity index (χ2v) is 5.52. The number of nitrogens with zero attached hydrogens (tertiary/aromatic N) is 4. The van der Waals surface area contributed by atoms with Crippen LogP contribution in [0.25, 0.3) is 12.2 Å². The van der Waals surface area contributed by atoms with E-state index in [2.05, 4.69) is 5.16 Å². The van der Waals surface area contributed by atoms with Gasteiger partial charge in [-0.05, 0) is 31.2 Å². The second-order valence-electron chi connectivity index (χ2n) is 5.52. The molecule has 132 valence electrons. The Kier molecular flexibility index (Phi) is 4.61. The number of nitro benzene ring substituents is 1. The molecule has 2 aromatic heterocycles. The normalized spacial score (nSPS) is 11.1. The summed E-state index contributed by atoms with van der Waals surface area (Å²) in [6.45, 7) is 1.79. The molecule has 0 spiro atoms. The predicted octanol–water partition coefficient (Wildman–Crippen LogP) is 3.82. The van der Waals surface area contributed by atoms with E-state index in [0.717, 1.165) is 0 Å². The Balaban J connectivity index is 1.89. The Bertz CT molecular complexity index is 1000. The minimum atomic E-state index is -0.544. The monoisotopic (exact) mass is 354 g/mol. The summed E-state index contributed by atoms with van der Waals surface area (Å²) in [7, 11) is 0. The smallest absolute Gasteiger partial charge is 0.338 e. The summed E-state index contributed by atoms with van der Waals surface area (Å²) >= 11 is 0. The standard InChI is InChI=1S/C17H14N4O5/c1-12-17(21(24)25)16(26-18-12)9-8-14-6-4-10-19(14)11-13-5-2-3-7-15(13)20(22)23/h2-10H,11H2,1H3/b9-8-. The van der Waals surface area contributed by atoms with Gasteiger partial charge in [-0.3, -0.25) is 20.2 Å². The highest BCUT2D eigenvalue weighted by Crippen LogP contribution is 2.25. The number of para-hydroxylation sites is 1. The Morgan fingerprint density at radius 1 is 1.12 bits per heavy atom. The number of aromatic nitrogens is 2. The van der Waals surface area contributed by atoms with Crippen molar-refractivity contribution in [1.29, 1.82) is 0 Å². The maximum Gasteiger partial charge on any atom is 0.338 e. The Morgan fingerprint density at radius 2 is 1.88 bits per heavy atom. The summed E-state index contributed by atoms with van der Waals surface area (Å²) in [6, 6.07) is 10.1. The van der Waals surface area contributed by atoms with Crippen LogP contribution in [-0.4, -0.2) is 19.6 Å². The molecule has 0 bridgehead atoms. The molecule has 26 heavy (non-hydrogen) atoms. The minimum absolute atomic E-state index is 0.0395. The fourth-order valence-electron chi connectivity index (χ4n) is 2.60. The van der Waals surface area contributed by atoms with Crippen molar-refractivity contribution in [3.05, 3.63) is 85.5 Å². The van der Waals surface area contributed by atoms with E-state index in [1.807, 2.05) is 0 Å². The molecule has 0 aliphatic heterocycles. The van der Waals surface area contributed by atoms with Crippen LogP contribution in [0.2, 0.25) is 0 Å². The number of hydrogen-bond donors (Lipinski definition) is 0. The summed E-state index contributed by atoms with van der Waals surface area (Å²) in [5.41, 5.74) is 1.33. The predicted molar refractivity (Wildman–Crippen MR) is 93.5 cm³/mol. The highest BCUT2D eigenvalue weighted by molar-refractivity contribution is 5.70. The summed E-state index contributed by atoms with van der Waals surface area (Å²) in [5.74, 6) is 0.0472. The third-order valence-corrected chi connectivity index (χ3v) is 3.84. The van der Waals surface area contributed by atoms with Crippen LogP contribution < -0.4 is 0 Å². The van der Waals surface area contributed by atoms with Gasteiger partial charge in [-0.25, -0.2) is 0 Å². The van der Waals surface area contributed by atoms with Crippen molar-refractivity contribution in [2.24, 2.45) is 0 Å². The molecule has 0 atom stereocenters. The third kappa shape index (κ3) is 3.36. The average Bonchev–Trinajstić information content (AvgIpc) is 3.19. The summed E-state index contributed by atoms with van der Waals surface area (Å²) in [6.07, 6.45) is 4.88. The molecule has 0 saturated heterocycles. The number of nitro groups is 2. The van der Waals surface area contributed by atoms with E-state index in [0.29, 0.717) is 17.8 Å². The topological polar surface area (TPSA) is 117 Å². The van der Waals surface area contributed by atoms with E-state index in [-0.39, 0.29) is 22.8 Å². The van der Waals surface area contributed by atoms with Gasteiger partial charge in [-0.15, -0.1) is 0 Å². The van der Waals surface area contributed by atoms with Crippen LogP contribution in [0, 0.1) is 27.2 Å². The van der Waals surface area contributed by atoms with Gasteiger partial charge >= 0.3 is 5.69 Å². The van der Waals surface area contributed by atoms with E-state index in [1.54, 1.807) is 47.2 Å². The molecule has 0 aliphatic carbocycles. The number of hydrogen-bond acceptors (Lipinski definition) is 6. The second kappa shape index (κ2) is 7.01. The number of aryl methyl sites for hydroxylation is 1. The molecular weight excluding hydrogens is 340 g/mol. The molecule has 0 N–H and O–H groups in total. The Labute approximate surface area is 147 Å². The van der Waals surface area contributed by atoms with Crippen molar-refractivity contribution in [1.82, 2.24) is 9.72 Å². The molecule has 9 heteroatoms. The van der Waals surface area contributed by atoms with Gasteiger partial charge in [-0.2, -0.15) is 0 Å². The fraction of sp³-hybridized carbons (Fsp3) is 0.118. The lowest BCUT2D eigenvalue weighted by molar-refractivity contribution is -0.386. The summed E-state index contributed by atoms with van der Waals surface area (Å²) in [4.78, 5) is 21.3. The van der Waals surface area contributed by atoms with Crippen LogP contribution >= 0.6 is 0 Å². The van der Waals surface area contributed by atoms with E-state index in [1.165, 1.54) is 19.1 Å². The van der Waals surface area contributed by atoms with Crippen molar-refractivity contribution >= 4 is 23.5 Å². The van der Waals surface area contributed by atoms with E-state index < -0.39 is 9.85 Å². The minimum Gasteiger partial charge on any atom is -0.349 e. The van der Waals surface area contributed by atoms with Gasteiger partial charge in [-0.1, -0.05) is 23.4 Å². The largest absolute Gasteiger partial charge is 0.349 e. The molecule has 9 nitrogen and oxygen atoms in total. The molecule has 3 aromatic rings. The van der Waals surface area contributed by atoms with Crippen molar-refractivity contribution in [3.8, 4) is 0 Å². The van der Waals surface area contributed by atoms with Gasteiger partial charge in [0.1, 0.15) is 0 Å². The van der Waals surface area contributed by atoms with Crippen LogP contribution in [-0.2, 0) is 6.54 Å². The average molecular weight is 354 g/mol. The molecule has 1 aromatic carbocycles. The van der Waals surface area contributed by atoms with Gasteiger partial charge in [0.15, 0.2) is 5.69 Å². The molecule has 0 radical (unpaired) electrons. The van der Waals surface area contributed by atoms with Crippen LogP contribution in [0.4, 0.5) is 11.4 Å². The van der Waals surface area contributed by atoms with Crippen molar-refractivity contribution < 1.29 is 14.4 Å². The molecule has 0 fully saturated rings. The van der Waals surface area contributed by atoms with Crippen LogP contribution in [0.1, 0.15) is 22.7 Å². The molecule has 0 unspecified atom stereocenters. The van der Waals surface area contributed by atoms with Crippen molar-refractivity contribution in [2.45, 2.75) is 13.5 Å².